The fraction of sp³-hybridized carbons (Fsp3) is 0.750. The molecule has 1 aliphatic heterocycles. The summed E-state index contributed by atoms with van der Waals surface area (Å²) in [4.78, 5) is 36.8. The van der Waals surface area contributed by atoms with Gasteiger partial charge in [0.2, 0.25) is 11.8 Å². The van der Waals surface area contributed by atoms with Crippen molar-refractivity contribution >= 4 is 17.8 Å². The number of rotatable bonds is 5. The van der Waals surface area contributed by atoms with Crippen LogP contribution in [0, 0.1) is 5.92 Å². The molecule has 6 nitrogen and oxygen atoms in total. The third-order valence-electron chi connectivity index (χ3n) is 2.95. The topological polar surface area (TPSA) is 75.7 Å². The van der Waals surface area contributed by atoms with Crippen molar-refractivity contribution in [2.75, 3.05) is 13.7 Å². The van der Waals surface area contributed by atoms with Crippen molar-refractivity contribution in [3.63, 3.8) is 0 Å². The molecule has 0 radical (unpaired) electrons. The van der Waals surface area contributed by atoms with E-state index in [9.17, 15) is 14.4 Å². The van der Waals surface area contributed by atoms with Crippen LogP contribution in [0.25, 0.3) is 0 Å². The number of carbonyl (C=O) groups is 3. The molecule has 0 aromatic rings. The number of ether oxygens (including phenoxy) is 1. The molecular formula is C12H20N2O4. The first kappa shape index (κ1) is 14.6. The second kappa shape index (κ2) is 5.48. The van der Waals surface area contributed by atoms with E-state index >= 15 is 0 Å². The van der Waals surface area contributed by atoms with Gasteiger partial charge in [-0.05, 0) is 20.3 Å². The molecule has 1 unspecified atom stereocenters. The summed E-state index contributed by atoms with van der Waals surface area (Å²) in [7, 11) is 1.50. The Bertz CT molecular complexity index is 365. The van der Waals surface area contributed by atoms with Crippen LogP contribution >= 0.6 is 0 Å². The van der Waals surface area contributed by atoms with Gasteiger partial charge in [-0.3, -0.25) is 19.8 Å². The van der Waals surface area contributed by atoms with Gasteiger partial charge in [0, 0.05) is 7.11 Å². The Kier molecular flexibility index (Phi) is 4.45. The van der Waals surface area contributed by atoms with Crippen molar-refractivity contribution in [1.82, 2.24) is 10.2 Å². The molecule has 0 aliphatic carbocycles. The smallest absolute Gasteiger partial charge is 0.331 e. The first-order chi connectivity index (χ1) is 8.35. The molecule has 1 atom stereocenters. The number of carbonyl (C=O) groups excluding carboxylic acids is 3. The van der Waals surface area contributed by atoms with Gasteiger partial charge in [0.1, 0.15) is 5.92 Å². The Balaban J connectivity index is 3.00. The SMILES string of the molecule is CCCC1C(=O)NC(=O)N(C(C)(C)COC)C1=O. The zero-order valence-electron chi connectivity index (χ0n) is 11.3. The Morgan fingerprint density at radius 1 is 1.33 bits per heavy atom. The van der Waals surface area contributed by atoms with E-state index in [1.54, 1.807) is 13.8 Å². The minimum absolute atomic E-state index is 0.221. The van der Waals surface area contributed by atoms with Crippen molar-refractivity contribution < 1.29 is 19.1 Å². The second-order valence-electron chi connectivity index (χ2n) is 5.05. The number of hydrogen-bond donors (Lipinski definition) is 1. The van der Waals surface area contributed by atoms with E-state index in [0.717, 1.165) is 4.90 Å². The molecule has 1 heterocycles. The van der Waals surface area contributed by atoms with Crippen molar-refractivity contribution in [2.45, 2.75) is 39.2 Å². The highest BCUT2D eigenvalue weighted by Crippen LogP contribution is 2.24. The van der Waals surface area contributed by atoms with Gasteiger partial charge in [0.05, 0.1) is 12.1 Å². The quantitative estimate of drug-likeness (QED) is 0.742. The number of barbiturate groups is 1. The van der Waals surface area contributed by atoms with Gasteiger partial charge in [-0.2, -0.15) is 0 Å². The fourth-order valence-corrected chi connectivity index (χ4v) is 2.15. The first-order valence-corrected chi connectivity index (χ1v) is 6.03. The van der Waals surface area contributed by atoms with E-state index < -0.39 is 29.3 Å². The number of nitrogens with one attached hydrogen (secondary N) is 1. The summed E-state index contributed by atoms with van der Waals surface area (Å²) in [6.45, 7) is 5.57. The minimum atomic E-state index is -0.775. The normalized spacial score (nSPS) is 21.2. The van der Waals surface area contributed by atoms with E-state index in [2.05, 4.69) is 5.32 Å². The summed E-state index contributed by atoms with van der Waals surface area (Å²) in [6, 6.07) is -0.667. The monoisotopic (exact) mass is 256 g/mol. The molecule has 1 rings (SSSR count). The van der Waals surface area contributed by atoms with Crippen LogP contribution in [-0.4, -0.2) is 42.0 Å². The molecule has 1 saturated heterocycles. The van der Waals surface area contributed by atoms with Crippen LogP contribution in [0.5, 0.6) is 0 Å². The number of urea groups is 1. The summed E-state index contributed by atoms with van der Waals surface area (Å²) < 4.78 is 5.02. The highest BCUT2D eigenvalue weighted by Gasteiger charge is 2.46. The average molecular weight is 256 g/mol. The van der Waals surface area contributed by atoms with Crippen LogP contribution < -0.4 is 5.32 Å². The van der Waals surface area contributed by atoms with Crippen LogP contribution in [0.3, 0.4) is 0 Å². The number of imide groups is 2. The largest absolute Gasteiger partial charge is 0.382 e. The molecule has 102 valence electrons. The maximum Gasteiger partial charge on any atom is 0.331 e. The van der Waals surface area contributed by atoms with Crippen molar-refractivity contribution in [1.29, 1.82) is 0 Å². The second-order valence-corrected chi connectivity index (χ2v) is 5.05. The molecule has 6 heteroatoms. The van der Waals surface area contributed by atoms with E-state index in [-0.39, 0.29) is 6.61 Å². The maximum absolute atomic E-state index is 12.2. The average Bonchev–Trinajstić information content (AvgIpc) is 2.23. The standard InChI is InChI=1S/C12H20N2O4/c1-5-6-8-9(15)13-11(17)14(10(8)16)12(2,3)7-18-4/h8H,5-7H2,1-4H3,(H,13,15,17). The van der Waals surface area contributed by atoms with Gasteiger partial charge in [0.15, 0.2) is 0 Å². The van der Waals surface area contributed by atoms with Crippen LogP contribution in [0.1, 0.15) is 33.6 Å². The third kappa shape index (κ3) is 2.69. The number of nitrogens with zero attached hydrogens (tertiary/aromatic N) is 1. The zero-order chi connectivity index (χ0) is 13.9. The third-order valence-corrected chi connectivity index (χ3v) is 2.95. The summed E-state index contributed by atoms with van der Waals surface area (Å²) in [5.41, 5.74) is -0.775. The Hall–Kier alpha value is -1.43. The van der Waals surface area contributed by atoms with Crippen molar-refractivity contribution in [3.8, 4) is 0 Å². The number of methoxy groups -OCH3 is 1. The molecule has 0 saturated carbocycles. The number of amides is 4. The van der Waals surface area contributed by atoms with Gasteiger partial charge in [0.25, 0.3) is 0 Å². The van der Waals surface area contributed by atoms with Gasteiger partial charge < -0.3 is 4.74 Å². The molecule has 1 aliphatic rings. The van der Waals surface area contributed by atoms with Gasteiger partial charge in [-0.15, -0.1) is 0 Å². The Labute approximate surface area is 107 Å². The van der Waals surface area contributed by atoms with Crippen molar-refractivity contribution in [3.05, 3.63) is 0 Å². The van der Waals surface area contributed by atoms with Gasteiger partial charge in [-0.25, -0.2) is 4.79 Å². The lowest BCUT2D eigenvalue weighted by Crippen LogP contribution is -2.65. The lowest BCUT2D eigenvalue weighted by molar-refractivity contribution is -0.147. The number of hydrogen-bond acceptors (Lipinski definition) is 4. The molecule has 0 spiro atoms. The lowest BCUT2D eigenvalue weighted by Gasteiger charge is -2.40. The van der Waals surface area contributed by atoms with Crippen LogP contribution in [0.15, 0.2) is 0 Å². The molecule has 0 bridgehead atoms. The van der Waals surface area contributed by atoms with E-state index in [1.165, 1.54) is 7.11 Å². The highest BCUT2D eigenvalue weighted by atomic mass is 16.5. The van der Waals surface area contributed by atoms with Gasteiger partial charge in [-0.1, -0.05) is 13.3 Å². The van der Waals surface area contributed by atoms with Crippen LogP contribution in [-0.2, 0) is 14.3 Å². The minimum Gasteiger partial charge on any atom is -0.382 e. The molecule has 18 heavy (non-hydrogen) atoms. The zero-order valence-corrected chi connectivity index (χ0v) is 11.3. The molecule has 0 aromatic heterocycles. The molecular weight excluding hydrogens is 236 g/mol. The van der Waals surface area contributed by atoms with Gasteiger partial charge >= 0.3 is 6.03 Å². The molecule has 1 N–H and O–H groups in total. The summed E-state index contributed by atoms with van der Waals surface area (Å²) in [5, 5.41) is 2.23. The predicted molar refractivity (Wildman–Crippen MR) is 64.7 cm³/mol. The van der Waals surface area contributed by atoms with Crippen LogP contribution in [0.2, 0.25) is 0 Å². The predicted octanol–water partition coefficient (Wildman–Crippen LogP) is 0.906. The fourth-order valence-electron chi connectivity index (χ4n) is 2.15. The lowest BCUT2D eigenvalue weighted by atomic mass is 9.94. The van der Waals surface area contributed by atoms with Crippen molar-refractivity contribution in [2.24, 2.45) is 5.92 Å². The molecule has 1 fully saturated rings. The first-order valence-electron chi connectivity index (χ1n) is 6.03. The van der Waals surface area contributed by atoms with Crippen LogP contribution in [0.4, 0.5) is 4.79 Å². The summed E-state index contributed by atoms with van der Waals surface area (Å²) in [5.74, 6) is -1.72. The highest BCUT2D eigenvalue weighted by molar-refractivity contribution is 6.16. The molecule has 0 aromatic carbocycles. The van der Waals surface area contributed by atoms with E-state index in [1.807, 2.05) is 6.92 Å². The molecule has 4 amide bonds. The summed E-state index contributed by atoms with van der Waals surface area (Å²) in [6.07, 6.45) is 1.15. The summed E-state index contributed by atoms with van der Waals surface area (Å²) >= 11 is 0. The Morgan fingerprint density at radius 3 is 2.44 bits per heavy atom. The Morgan fingerprint density at radius 2 is 1.94 bits per heavy atom. The maximum atomic E-state index is 12.2. The van der Waals surface area contributed by atoms with E-state index in [0.29, 0.717) is 12.8 Å². The van der Waals surface area contributed by atoms with E-state index in [4.69, 9.17) is 4.74 Å².